The molecule has 2 fully saturated rings. The van der Waals surface area contributed by atoms with Crippen LogP contribution in [0.1, 0.15) is 11.1 Å². The van der Waals surface area contributed by atoms with Gasteiger partial charge in [-0.1, -0.05) is 17.7 Å². The second-order valence-electron chi connectivity index (χ2n) is 5.90. The van der Waals surface area contributed by atoms with Crippen molar-refractivity contribution in [3.8, 4) is 0 Å². The van der Waals surface area contributed by atoms with Crippen molar-refractivity contribution in [1.82, 2.24) is 15.5 Å². The molecule has 4 heteroatoms. The van der Waals surface area contributed by atoms with Crippen LogP contribution in [-0.4, -0.2) is 57.3 Å². The monoisotopic (exact) mass is 274 g/mol. The molecule has 2 heterocycles. The minimum Gasteiger partial charge on any atom is -0.369 e. The Morgan fingerprint density at radius 2 is 1.60 bits per heavy atom. The Balaban J connectivity index is 1.77. The molecule has 4 nitrogen and oxygen atoms in total. The first-order chi connectivity index (χ1) is 9.83. The van der Waals surface area contributed by atoms with Crippen LogP contribution >= 0.6 is 0 Å². The van der Waals surface area contributed by atoms with Crippen molar-refractivity contribution in [3.05, 3.63) is 29.3 Å². The van der Waals surface area contributed by atoms with Gasteiger partial charge in [-0.3, -0.25) is 4.90 Å². The molecule has 0 aromatic heterocycles. The highest BCUT2D eigenvalue weighted by Crippen LogP contribution is 2.24. The van der Waals surface area contributed by atoms with E-state index in [1.807, 2.05) is 0 Å². The lowest BCUT2D eigenvalue weighted by Crippen LogP contribution is -2.45. The van der Waals surface area contributed by atoms with Crippen LogP contribution in [0.3, 0.4) is 0 Å². The molecule has 20 heavy (non-hydrogen) atoms. The maximum atomic E-state index is 3.44. The summed E-state index contributed by atoms with van der Waals surface area (Å²) in [6.45, 7) is 12.3. The van der Waals surface area contributed by atoms with E-state index in [1.54, 1.807) is 0 Å². The number of anilines is 1. The molecule has 0 saturated carbocycles. The van der Waals surface area contributed by atoms with E-state index in [-0.39, 0.29) is 0 Å². The molecule has 1 aromatic rings. The molecular formula is C16H26N4. The van der Waals surface area contributed by atoms with Crippen molar-refractivity contribution < 1.29 is 0 Å². The van der Waals surface area contributed by atoms with Crippen molar-refractivity contribution in [3.63, 3.8) is 0 Å². The van der Waals surface area contributed by atoms with Gasteiger partial charge in [0.2, 0.25) is 0 Å². The first-order valence-corrected chi connectivity index (χ1v) is 7.81. The van der Waals surface area contributed by atoms with E-state index >= 15 is 0 Å². The van der Waals surface area contributed by atoms with Crippen molar-refractivity contribution in [1.29, 1.82) is 0 Å². The summed E-state index contributed by atoms with van der Waals surface area (Å²) >= 11 is 0. The largest absolute Gasteiger partial charge is 0.369 e. The molecule has 0 spiro atoms. The molecule has 2 saturated heterocycles. The van der Waals surface area contributed by atoms with Crippen molar-refractivity contribution >= 4 is 5.69 Å². The number of hydrogen-bond acceptors (Lipinski definition) is 4. The van der Waals surface area contributed by atoms with Crippen LogP contribution < -0.4 is 15.5 Å². The van der Waals surface area contributed by atoms with Crippen molar-refractivity contribution in [2.45, 2.75) is 13.5 Å². The van der Waals surface area contributed by atoms with Crippen LogP contribution in [0.5, 0.6) is 0 Å². The first-order valence-electron chi connectivity index (χ1n) is 7.81. The summed E-state index contributed by atoms with van der Waals surface area (Å²) in [5, 5.41) is 6.87. The summed E-state index contributed by atoms with van der Waals surface area (Å²) in [6.07, 6.45) is 0. The van der Waals surface area contributed by atoms with E-state index in [0.717, 1.165) is 58.9 Å². The number of nitrogens with one attached hydrogen (secondary N) is 2. The minimum atomic E-state index is 1.09. The Labute approximate surface area is 122 Å². The smallest absolute Gasteiger partial charge is 0.0413 e. The summed E-state index contributed by atoms with van der Waals surface area (Å²) in [4.78, 5) is 5.10. The molecular weight excluding hydrogens is 248 g/mol. The zero-order valence-corrected chi connectivity index (χ0v) is 12.5. The summed E-state index contributed by atoms with van der Waals surface area (Å²) in [6, 6.07) is 6.94. The molecule has 0 radical (unpaired) electrons. The number of benzene rings is 1. The van der Waals surface area contributed by atoms with Gasteiger partial charge in [-0.15, -0.1) is 0 Å². The van der Waals surface area contributed by atoms with Crippen LogP contribution in [0.15, 0.2) is 18.2 Å². The van der Waals surface area contributed by atoms with E-state index in [9.17, 15) is 0 Å². The Bertz CT molecular complexity index is 434. The maximum absolute atomic E-state index is 3.44. The molecule has 0 bridgehead atoms. The molecule has 0 unspecified atom stereocenters. The summed E-state index contributed by atoms with van der Waals surface area (Å²) in [5.74, 6) is 0. The lowest BCUT2D eigenvalue weighted by atomic mass is 10.1. The quantitative estimate of drug-likeness (QED) is 0.854. The van der Waals surface area contributed by atoms with Gasteiger partial charge in [-0.25, -0.2) is 0 Å². The normalized spacial score (nSPS) is 21.1. The SMILES string of the molecule is Cc1ccc(N2CCNCC2)c(CN2CCNCC2)c1. The Morgan fingerprint density at radius 3 is 2.30 bits per heavy atom. The molecule has 2 N–H and O–H groups in total. The predicted octanol–water partition coefficient (Wildman–Crippen LogP) is 0.810. The topological polar surface area (TPSA) is 30.5 Å². The second-order valence-corrected chi connectivity index (χ2v) is 5.90. The highest BCUT2D eigenvalue weighted by Gasteiger charge is 2.17. The van der Waals surface area contributed by atoms with Gasteiger partial charge in [0.25, 0.3) is 0 Å². The number of nitrogens with zero attached hydrogens (tertiary/aromatic N) is 2. The van der Waals surface area contributed by atoms with Gasteiger partial charge in [0.15, 0.2) is 0 Å². The van der Waals surface area contributed by atoms with Crippen molar-refractivity contribution in [2.24, 2.45) is 0 Å². The Morgan fingerprint density at radius 1 is 0.950 bits per heavy atom. The minimum absolute atomic E-state index is 1.09. The fraction of sp³-hybridized carbons (Fsp3) is 0.625. The molecule has 2 aliphatic rings. The Hall–Kier alpha value is -1.10. The number of aryl methyl sites for hydroxylation is 1. The Kier molecular flexibility index (Phi) is 4.55. The van der Waals surface area contributed by atoms with Crippen LogP contribution in [-0.2, 0) is 6.54 Å². The van der Waals surface area contributed by atoms with Gasteiger partial charge in [-0.2, -0.15) is 0 Å². The zero-order valence-electron chi connectivity index (χ0n) is 12.5. The second kappa shape index (κ2) is 6.57. The van der Waals surface area contributed by atoms with Gasteiger partial charge in [0, 0.05) is 64.6 Å². The van der Waals surface area contributed by atoms with Crippen LogP contribution in [0.4, 0.5) is 5.69 Å². The highest BCUT2D eigenvalue weighted by molar-refractivity contribution is 5.55. The summed E-state index contributed by atoms with van der Waals surface area (Å²) in [7, 11) is 0. The summed E-state index contributed by atoms with van der Waals surface area (Å²) in [5.41, 5.74) is 4.30. The molecule has 3 rings (SSSR count). The van der Waals surface area contributed by atoms with Crippen LogP contribution in [0.2, 0.25) is 0 Å². The molecule has 0 aliphatic carbocycles. The third-order valence-electron chi connectivity index (χ3n) is 4.30. The van der Waals surface area contributed by atoms with Gasteiger partial charge < -0.3 is 15.5 Å². The fourth-order valence-electron chi connectivity index (χ4n) is 3.17. The number of piperazine rings is 2. The number of rotatable bonds is 3. The van der Waals surface area contributed by atoms with Gasteiger partial charge >= 0.3 is 0 Å². The van der Waals surface area contributed by atoms with Crippen molar-refractivity contribution in [2.75, 3.05) is 57.3 Å². The first kappa shape index (κ1) is 13.9. The fourth-order valence-corrected chi connectivity index (χ4v) is 3.17. The van der Waals surface area contributed by atoms with E-state index in [1.165, 1.54) is 16.8 Å². The van der Waals surface area contributed by atoms with E-state index in [0.29, 0.717) is 0 Å². The van der Waals surface area contributed by atoms with Gasteiger partial charge in [0.05, 0.1) is 0 Å². The molecule has 0 atom stereocenters. The lowest BCUT2D eigenvalue weighted by Gasteiger charge is -2.33. The van der Waals surface area contributed by atoms with E-state index < -0.39 is 0 Å². The third kappa shape index (κ3) is 3.32. The average Bonchev–Trinajstić information content (AvgIpc) is 2.49. The molecule has 1 aromatic carbocycles. The van der Waals surface area contributed by atoms with E-state index in [4.69, 9.17) is 0 Å². The zero-order chi connectivity index (χ0) is 13.8. The predicted molar refractivity (Wildman–Crippen MR) is 84.4 cm³/mol. The number of hydrogen-bond donors (Lipinski definition) is 2. The van der Waals surface area contributed by atoms with E-state index in [2.05, 4.69) is 45.6 Å². The van der Waals surface area contributed by atoms with Crippen LogP contribution in [0, 0.1) is 6.92 Å². The lowest BCUT2D eigenvalue weighted by molar-refractivity contribution is 0.233. The third-order valence-corrected chi connectivity index (χ3v) is 4.30. The summed E-state index contributed by atoms with van der Waals surface area (Å²) < 4.78 is 0. The molecule has 110 valence electrons. The molecule has 2 aliphatic heterocycles. The van der Waals surface area contributed by atoms with Gasteiger partial charge in [-0.05, 0) is 18.6 Å². The van der Waals surface area contributed by atoms with Crippen LogP contribution in [0.25, 0.3) is 0 Å². The maximum Gasteiger partial charge on any atom is 0.0413 e. The van der Waals surface area contributed by atoms with Gasteiger partial charge in [0.1, 0.15) is 0 Å². The average molecular weight is 274 g/mol. The molecule has 0 amide bonds. The standard InChI is InChI=1S/C16H26N4/c1-14-2-3-16(20-10-6-18-7-11-20)15(12-14)13-19-8-4-17-5-9-19/h2-3,12,17-18H,4-11,13H2,1H3. The highest BCUT2D eigenvalue weighted by atomic mass is 15.2.